The number of nitrogens with one attached hydrogen (secondary N) is 1. The molecule has 0 saturated carbocycles. The molecule has 7 nitrogen and oxygen atoms in total. The molecule has 1 aliphatic rings. The van der Waals surface area contributed by atoms with Crippen LogP contribution in [0.2, 0.25) is 5.02 Å². The number of rotatable bonds is 11. The minimum Gasteiger partial charge on any atom is -0.493 e. The van der Waals surface area contributed by atoms with Crippen LogP contribution < -0.4 is 19.5 Å². The molecule has 1 heterocycles. The van der Waals surface area contributed by atoms with Gasteiger partial charge >= 0.3 is 0 Å². The number of carbonyl (C=O) groups is 1. The van der Waals surface area contributed by atoms with Crippen LogP contribution >= 0.6 is 11.6 Å². The van der Waals surface area contributed by atoms with Crippen LogP contribution in [0.15, 0.2) is 36.4 Å². The number of likely N-dealkylation sites (N-methyl/N-ethyl adjacent to an activating group) is 1. The number of hydrogen-bond donors (Lipinski definition) is 1. The molecular weight excluding hydrogens is 444 g/mol. The molecule has 1 fully saturated rings. The topological polar surface area (TPSA) is 69.3 Å². The SMILES string of the molecule is CCOc1c(Cl)cc(C(=O)NCc2cccc(OCCN(C)C3CCOCC3)c2)cc1OC. The molecule has 0 aliphatic carbocycles. The van der Waals surface area contributed by atoms with Crippen LogP contribution in [0.4, 0.5) is 0 Å². The monoisotopic (exact) mass is 476 g/mol. The van der Waals surface area contributed by atoms with E-state index < -0.39 is 0 Å². The number of ether oxygens (including phenoxy) is 4. The van der Waals surface area contributed by atoms with Crippen molar-refractivity contribution in [3.05, 3.63) is 52.5 Å². The highest BCUT2D eigenvalue weighted by atomic mass is 35.5. The number of methoxy groups -OCH3 is 1. The number of nitrogens with zero attached hydrogens (tertiary/aromatic N) is 1. The second-order valence-corrected chi connectivity index (χ2v) is 8.33. The molecule has 1 aliphatic heterocycles. The number of hydrogen-bond acceptors (Lipinski definition) is 6. The van der Waals surface area contributed by atoms with E-state index in [9.17, 15) is 4.79 Å². The first kappa shape index (κ1) is 25.1. The number of carbonyl (C=O) groups excluding carboxylic acids is 1. The van der Waals surface area contributed by atoms with Crippen molar-refractivity contribution < 1.29 is 23.7 Å². The molecule has 1 amide bonds. The molecule has 0 unspecified atom stereocenters. The molecule has 2 aromatic rings. The Balaban J connectivity index is 1.52. The molecule has 0 radical (unpaired) electrons. The Bertz CT molecular complexity index is 918. The fourth-order valence-electron chi connectivity index (χ4n) is 3.78. The third-order valence-electron chi connectivity index (χ3n) is 5.66. The minimum atomic E-state index is -0.248. The average molecular weight is 477 g/mol. The van der Waals surface area contributed by atoms with Crippen LogP contribution in [-0.2, 0) is 11.3 Å². The van der Waals surface area contributed by atoms with Gasteiger partial charge in [-0.25, -0.2) is 0 Å². The van der Waals surface area contributed by atoms with Gasteiger partial charge in [-0.15, -0.1) is 0 Å². The maximum atomic E-state index is 12.7. The summed E-state index contributed by atoms with van der Waals surface area (Å²) >= 11 is 6.28. The summed E-state index contributed by atoms with van der Waals surface area (Å²) in [5, 5.41) is 3.26. The van der Waals surface area contributed by atoms with Crippen LogP contribution in [0.1, 0.15) is 35.7 Å². The largest absolute Gasteiger partial charge is 0.493 e. The van der Waals surface area contributed by atoms with E-state index in [1.807, 2.05) is 31.2 Å². The molecule has 180 valence electrons. The van der Waals surface area contributed by atoms with Gasteiger partial charge in [0, 0.05) is 37.9 Å². The van der Waals surface area contributed by atoms with E-state index in [-0.39, 0.29) is 5.91 Å². The van der Waals surface area contributed by atoms with Crippen molar-refractivity contribution in [2.45, 2.75) is 32.4 Å². The maximum absolute atomic E-state index is 12.7. The predicted molar refractivity (Wildman–Crippen MR) is 129 cm³/mol. The van der Waals surface area contributed by atoms with Crippen molar-refractivity contribution in [2.24, 2.45) is 0 Å². The van der Waals surface area contributed by atoms with Crippen LogP contribution in [0.3, 0.4) is 0 Å². The smallest absolute Gasteiger partial charge is 0.251 e. The van der Waals surface area contributed by atoms with E-state index in [0.717, 1.165) is 43.9 Å². The summed E-state index contributed by atoms with van der Waals surface area (Å²) in [5.74, 6) is 1.40. The molecule has 1 N–H and O–H groups in total. The van der Waals surface area contributed by atoms with E-state index in [4.69, 9.17) is 30.5 Å². The van der Waals surface area contributed by atoms with Crippen molar-refractivity contribution in [1.82, 2.24) is 10.2 Å². The molecule has 8 heteroatoms. The summed E-state index contributed by atoms with van der Waals surface area (Å²) in [6, 6.07) is 11.5. The quantitative estimate of drug-likeness (QED) is 0.525. The summed E-state index contributed by atoms with van der Waals surface area (Å²) in [6.07, 6.45) is 2.13. The van der Waals surface area contributed by atoms with Crippen molar-refractivity contribution in [2.75, 3.05) is 47.1 Å². The van der Waals surface area contributed by atoms with Gasteiger partial charge in [0.25, 0.3) is 5.91 Å². The normalized spacial score (nSPS) is 14.2. The summed E-state index contributed by atoms with van der Waals surface area (Å²) in [5.41, 5.74) is 1.35. The van der Waals surface area contributed by atoms with Crippen molar-refractivity contribution in [3.8, 4) is 17.2 Å². The highest BCUT2D eigenvalue weighted by Crippen LogP contribution is 2.36. The minimum absolute atomic E-state index is 0.248. The lowest BCUT2D eigenvalue weighted by Crippen LogP contribution is -2.38. The van der Waals surface area contributed by atoms with Gasteiger partial charge in [0.15, 0.2) is 11.5 Å². The van der Waals surface area contributed by atoms with Gasteiger partial charge in [0.05, 0.1) is 18.7 Å². The first-order chi connectivity index (χ1) is 16.0. The van der Waals surface area contributed by atoms with Gasteiger partial charge in [0.1, 0.15) is 12.4 Å². The molecule has 0 atom stereocenters. The van der Waals surface area contributed by atoms with Gasteiger partial charge in [-0.2, -0.15) is 0 Å². The van der Waals surface area contributed by atoms with Crippen molar-refractivity contribution in [1.29, 1.82) is 0 Å². The van der Waals surface area contributed by atoms with Crippen LogP contribution in [0, 0.1) is 0 Å². The second kappa shape index (κ2) is 12.7. The lowest BCUT2D eigenvalue weighted by molar-refractivity contribution is 0.0392. The molecule has 0 bridgehead atoms. The summed E-state index contributed by atoms with van der Waals surface area (Å²) in [4.78, 5) is 15.0. The maximum Gasteiger partial charge on any atom is 0.251 e. The average Bonchev–Trinajstić information content (AvgIpc) is 2.84. The Hall–Kier alpha value is -2.48. The summed E-state index contributed by atoms with van der Waals surface area (Å²) in [6.45, 7) is 5.80. The Morgan fingerprint density at radius 2 is 2.00 bits per heavy atom. The molecule has 0 aromatic heterocycles. The predicted octanol–water partition coefficient (Wildman–Crippen LogP) is 4.17. The van der Waals surface area contributed by atoms with Gasteiger partial charge in [0.2, 0.25) is 0 Å². The zero-order valence-corrected chi connectivity index (χ0v) is 20.3. The molecule has 3 rings (SSSR count). The lowest BCUT2D eigenvalue weighted by atomic mass is 10.1. The van der Waals surface area contributed by atoms with Crippen LogP contribution in [0.5, 0.6) is 17.2 Å². The van der Waals surface area contributed by atoms with Crippen LogP contribution in [-0.4, -0.2) is 64.0 Å². The molecule has 33 heavy (non-hydrogen) atoms. The Morgan fingerprint density at radius 3 is 2.73 bits per heavy atom. The van der Waals surface area contributed by atoms with E-state index in [0.29, 0.717) is 47.9 Å². The van der Waals surface area contributed by atoms with E-state index in [2.05, 4.69) is 17.3 Å². The third-order valence-corrected chi connectivity index (χ3v) is 5.94. The van der Waals surface area contributed by atoms with Gasteiger partial charge < -0.3 is 24.3 Å². The highest BCUT2D eigenvalue weighted by molar-refractivity contribution is 6.32. The Kier molecular flexibility index (Phi) is 9.66. The third kappa shape index (κ3) is 7.25. The number of amides is 1. The Morgan fingerprint density at radius 1 is 1.21 bits per heavy atom. The number of halogens is 1. The van der Waals surface area contributed by atoms with E-state index >= 15 is 0 Å². The summed E-state index contributed by atoms with van der Waals surface area (Å²) < 4.78 is 22.2. The molecule has 1 saturated heterocycles. The van der Waals surface area contributed by atoms with Gasteiger partial charge in [-0.3, -0.25) is 9.69 Å². The van der Waals surface area contributed by atoms with Crippen molar-refractivity contribution in [3.63, 3.8) is 0 Å². The molecule has 2 aromatic carbocycles. The Labute approximate surface area is 200 Å². The molecule has 0 spiro atoms. The standard InChI is InChI=1S/C25H33ClN2O5/c1-4-32-24-22(26)15-19(16-23(24)30-3)25(29)27-17-18-6-5-7-21(14-18)33-13-10-28(2)20-8-11-31-12-9-20/h5-7,14-16,20H,4,8-13,17H2,1-3H3,(H,27,29). The lowest BCUT2D eigenvalue weighted by Gasteiger charge is -2.31. The second-order valence-electron chi connectivity index (χ2n) is 7.93. The fraction of sp³-hybridized carbons (Fsp3) is 0.480. The van der Waals surface area contributed by atoms with Gasteiger partial charge in [-0.05, 0) is 56.6 Å². The first-order valence-electron chi connectivity index (χ1n) is 11.3. The molecular formula is C25H33ClN2O5. The van der Waals surface area contributed by atoms with E-state index in [1.165, 1.54) is 7.11 Å². The van der Waals surface area contributed by atoms with Crippen molar-refractivity contribution >= 4 is 17.5 Å². The number of benzene rings is 2. The summed E-state index contributed by atoms with van der Waals surface area (Å²) in [7, 11) is 3.65. The highest BCUT2D eigenvalue weighted by Gasteiger charge is 2.18. The van der Waals surface area contributed by atoms with E-state index in [1.54, 1.807) is 12.1 Å². The van der Waals surface area contributed by atoms with Gasteiger partial charge in [-0.1, -0.05) is 23.7 Å². The fourth-order valence-corrected chi connectivity index (χ4v) is 4.05. The zero-order valence-electron chi connectivity index (χ0n) is 19.6. The first-order valence-corrected chi connectivity index (χ1v) is 11.7. The zero-order chi connectivity index (χ0) is 23.6. The van der Waals surface area contributed by atoms with Crippen LogP contribution in [0.25, 0.3) is 0 Å².